The molecule has 0 aliphatic carbocycles. The molecule has 0 atom stereocenters. The Kier molecular flexibility index (Phi) is 0.970. The van der Waals surface area contributed by atoms with Crippen molar-refractivity contribution in [3.63, 3.8) is 0 Å². The van der Waals surface area contributed by atoms with Crippen LogP contribution < -0.4 is 0 Å². The number of nitrogens with zero attached hydrogens (tertiary/aromatic N) is 2. The Labute approximate surface area is 47.1 Å². The van der Waals surface area contributed by atoms with E-state index in [0.717, 1.165) is 11.4 Å². The van der Waals surface area contributed by atoms with Crippen molar-refractivity contribution in [1.29, 1.82) is 0 Å². The predicted octanol–water partition coefficient (Wildman–Crippen LogP) is 1.04. The van der Waals surface area contributed by atoms with E-state index in [2.05, 4.69) is 9.98 Å². The molecule has 8 heavy (non-hydrogen) atoms. The van der Waals surface area contributed by atoms with Gasteiger partial charge in [-0.05, 0) is 13.8 Å². The van der Waals surface area contributed by atoms with Gasteiger partial charge >= 0.3 is 6.03 Å². The van der Waals surface area contributed by atoms with Crippen LogP contribution in [0.3, 0.4) is 0 Å². The van der Waals surface area contributed by atoms with E-state index in [9.17, 15) is 4.79 Å². The van der Waals surface area contributed by atoms with Crippen molar-refractivity contribution < 1.29 is 4.79 Å². The standard InChI is InChI=1S/C5H6N2O/c1-3-4(2)7-5(8)6-3/h1-2H3. The molecule has 1 rings (SSSR count). The molecule has 1 aliphatic rings. The minimum Gasteiger partial charge on any atom is -0.244 e. The van der Waals surface area contributed by atoms with Crippen LogP contribution in [-0.2, 0) is 0 Å². The van der Waals surface area contributed by atoms with E-state index in [1.54, 1.807) is 13.8 Å². The van der Waals surface area contributed by atoms with Crippen molar-refractivity contribution >= 4 is 17.5 Å². The van der Waals surface area contributed by atoms with Gasteiger partial charge < -0.3 is 0 Å². The molecule has 2 amide bonds. The minimum absolute atomic E-state index is 0.375. The highest BCUT2D eigenvalue weighted by atomic mass is 16.2. The normalized spacial score (nSPS) is 18.5. The van der Waals surface area contributed by atoms with Crippen LogP contribution in [0.2, 0.25) is 0 Å². The average Bonchev–Trinajstić information content (AvgIpc) is 1.85. The fraction of sp³-hybridized carbons (Fsp3) is 0.400. The van der Waals surface area contributed by atoms with Crippen LogP contribution in [0.15, 0.2) is 9.98 Å². The van der Waals surface area contributed by atoms with E-state index in [4.69, 9.17) is 0 Å². The van der Waals surface area contributed by atoms with Crippen LogP contribution >= 0.6 is 0 Å². The third-order valence-electron chi connectivity index (χ3n) is 1.05. The van der Waals surface area contributed by atoms with Gasteiger partial charge in [0.25, 0.3) is 0 Å². The lowest BCUT2D eigenvalue weighted by Gasteiger charge is -1.80. The highest BCUT2D eigenvalue weighted by Crippen LogP contribution is 1.97. The number of hydrogen-bond acceptors (Lipinski definition) is 1. The molecule has 0 saturated carbocycles. The van der Waals surface area contributed by atoms with Crippen molar-refractivity contribution in [3.05, 3.63) is 0 Å². The van der Waals surface area contributed by atoms with Crippen molar-refractivity contribution in [2.24, 2.45) is 9.98 Å². The number of aliphatic imine (C=N–C) groups is 2. The van der Waals surface area contributed by atoms with Gasteiger partial charge in [0.15, 0.2) is 0 Å². The fourth-order valence-electron chi connectivity index (χ4n) is 0.474. The van der Waals surface area contributed by atoms with Gasteiger partial charge in [0.1, 0.15) is 0 Å². The summed E-state index contributed by atoms with van der Waals surface area (Å²) in [5, 5.41) is 0. The Balaban J connectivity index is 2.98. The highest BCUT2D eigenvalue weighted by molar-refractivity contribution is 6.46. The van der Waals surface area contributed by atoms with Crippen LogP contribution in [0.1, 0.15) is 13.8 Å². The Hall–Kier alpha value is -0.990. The minimum atomic E-state index is -0.375. The first-order valence-corrected chi connectivity index (χ1v) is 2.35. The molecule has 0 N–H and O–H groups in total. The van der Waals surface area contributed by atoms with E-state index >= 15 is 0 Å². The summed E-state index contributed by atoms with van der Waals surface area (Å²) in [6.45, 7) is 3.54. The van der Waals surface area contributed by atoms with Gasteiger partial charge in [0.2, 0.25) is 0 Å². The number of carbonyl (C=O) groups excluding carboxylic acids is 1. The summed E-state index contributed by atoms with van der Waals surface area (Å²) in [4.78, 5) is 17.4. The highest BCUT2D eigenvalue weighted by Gasteiger charge is 2.08. The maximum absolute atomic E-state index is 10.3. The predicted molar refractivity (Wildman–Crippen MR) is 31.6 cm³/mol. The molecule has 0 aromatic heterocycles. The van der Waals surface area contributed by atoms with Gasteiger partial charge in [-0.15, -0.1) is 0 Å². The summed E-state index contributed by atoms with van der Waals surface area (Å²) in [5.41, 5.74) is 1.46. The lowest BCUT2D eigenvalue weighted by Crippen LogP contribution is -1.98. The zero-order chi connectivity index (χ0) is 6.15. The zero-order valence-corrected chi connectivity index (χ0v) is 4.80. The Morgan fingerprint density at radius 1 is 1.12 bits per heavy atom. The van der Waals surface area contributed by atoms with E-state index in [-0.39, 0.29) is 6.03 Å². The fourth-order valence-corrected chi connectivity index (χ4v) is 0.474. The second-order valence-corrected chi connectivity index (χ2v) is 1.68. The van der Waals surface area contributed by atoms with Crippen molar-refractivity contribution in [2.75, 3.05) is 0 Å². The molecular formula is C5H6N2O. The number of amides is 2. The third-order valence-corrected chi connectivity index (χ3v) is 1.05. The molecule has 0 aromatic carbocycles. The topological polar surface area (TPSA) is 41.8 Å². The van der Waals surface area contributed by atoms with Gasteiger partial charge in [-0.1, -0.05) is 0 Å². The molecule has 42 valence electrons. The quantitative estimate of drug-likeness (QED) is 0.459. The zero-order valence-electron chi connectivity index (χ0n) is 4.80. The molecule has 3 nitrogen and oxygen atoms in total. The molecule has 0 saturated heterocycles. The lowest BCUT2D eigenvalue weighted by molar-refractivity contribution is 0.257. The van der Waals surface area contributed by atoms with E-state index in [0.29, 0.717) is 0 Å². The van der Waals surface area contributed by atoms with Crippen molar-refractivity contribution in [1.82, 2.24) is 0 Å². The summed E-state index contributed by atoms with van der Waals surface area (Å²) >= 11 is 0. The Bertz CT molecular complexity index is 171. The van der Waals surface area contributed by atoms with E-state index < -0.39 is 0 Å². The van der Waals surface area contributed by atoms with E-state index in [1.807, 2.05) is 0 Å². The molecule has 3 heteroatoms. The van der Waals surface area contributed by atoms with Crippen LogP contribution in [-0.4, -0.2) is 17.5 Å². The molecule has 0 spiro atoms. The molecule has 0 bridgehead atoms. The maximum atomic E-state index is 10.3. The van der Waals surface area contributed by atoms with Gasteiger partial charge in [-0.2, -0.15) is 9.98 Å². The molecule has 0 unspecified atom stereocenters. The third kappa shape index (κ3) is 0.665. The van der Waals surface area contributed by atoms with Crippen LogP contribution in [0, 0.1) is 0 Å². The van der Waals surface area contributed by atoms with E-state index in [1.165, 1.54) is 0 Å². The van der Waals surface area contributed by atoms with Crippen LogP contribution in [0.5, 0.6) is 0 Å². The SMILES string of the molecule is CC1=NC(=O)N=C1C. The lowest BCUT2D eigenvalue weighted by atomic mass is 10.3. The van der Waals surface area contributed by atoms with Crippen LogP contribution in [0.4, 0.5) is 4.79 Å². The smallest absolute Gasteiger partial charge is 0.244 e. The maximum Gasteiger partial charge on any atom is 0.367 e. The first-order valence-electron chi connectivity index (χ1n) is 2.35. The molecule has 1 aliphatic heterocycles. The van der Waals surface area contributed by atoms with Gasteiger partial charge in [0, 0.05) is 0 Å². The van der Waals surface area contributed by atoms with Gasteiger partial charge in [0.05, 0.1) is 11.4 Å². The summed E-state index contributed by atoms with van der Waals surface area (Å²) in [6.07, 6.45) is 0. The largest absolute Gasteiger partial charge is 0.367 e. The summed E-state index contributed by atoms with van der Waals surface area (Å²) in [5.74, 6) is 0. The molecule has 0 aromatic rings. The second-order valence-electron chi connectivity index (χ2n) is 1.68. The number of hydrogen-bond donors (Lipinski definition) is 0. The first-order chi connectivity index (χ1) is 3.70. The second kappa shape index (κ2) is 1.51. The molecular weight excluding hydrogens is 104 g/mol. The van der Waals surface area contributed by atoms with Crippen molar-refractivity contribution in [2.45, 2.75) is 13.8 Å². The summed E-state index contributed by atoms with van der Waals surface area (Å²) < 4.78 is 0. The van der Waals surface area contributed by atoms with Gasteiger partial charge in [-0.25, -0.2) is 4.79 Å². The molecule has 0 fully saturated rings. The number of rotatable bonds is 0. The number of urea groups is 1. The first kappa shape index (κ1) is 5.15. The average molecular weight is 110 g/mol. The summed E-state index contributed by atoms with van der Waals surface area (Å²) in [6, 6.07) is -0.375. The van der Waals surface area contributed by atoms with Gasteiger partial charge in [-0.3, -0.25) is 0 Å². The Morgan fingerprint density at radius 3 is 1.62 bits per heavy atom. The summed E-state index contributed by atoms with van der Waals surface area (Å²) in [7, 11) is 0. The monoisotopic (exact) mass is 110 g/mol. The van der Waals surface area contributed by atoms with Crippen LogP contribution in [0.25, 0.3) is 0 Å². The Morgan fingerprint density at radius 2 is 1.50 bits per heavy atom. The van der Waals surface area contributed by atoms with Crippen molar-refractivity contribution in [3.8, 4) is 0 Å². The molecule has 0 radical (unpaired) electrons. The molecule has 1 heterocycles. The number of carbonyl (C=O) groups is 1.